The normalized spacial score (nSPS) is 10.9. The predicted molar refractivity (Wildman–Crippen MR) is 58.0 cm³/mol. The van der Waals surface area contributed by atoms with Crippen LogP contribution in [0.4, 0.5) is 8.78 Å². The Morgan fingerprint density at radius 3 is 2.67 bits per heavy atom. The maximum Gasteiger partial charge on any atom is 0.340 e. The molecule has 5 nitrogen and oxygen atoms in total. The van der Waals surface area contributed by atoms with Gasteiger partial charge in [0.1, 0.15) is 5.69 Å². The second kappa shape index (κ2) is 4.59. The van der Waals surface area contributed by atoms with Gasteiger partial charge in [0.15, 0.2) is 0 Å². The molecular weight excluding hydrogens is 246 g/mol. The van der Waals surface area contributed by atoms with Crippen molar-refractivity contribution in [3.8, 4) is 5.88 Å². The summed E-state index contributed by atoms with van der Waals surface area (Å²) in [7, 11) is 2.60. The molecule has 2 aromatic rings. The molecule has 0 aromatic carbocycles. The summed E-state index contributed by atoms with van der Waals surface area (Å²) in [6.45, 7) is 0. The summed E-state index contributed by atoms with van der Waals surface area (Å²) in [6, 6.07) is 4.04. The van der Waals surface area contributed by atoms with Gasteiger partial charge in [-0.3, -0.25) is 0 Å². The quantitative estimate of drug-likeness (QED) is 0.789. The van der Waals surface area contributed by atoms with Crippen LogP contribution in [0.15, 0.2) is 18.2 Å². The number of carbonyl (C=O) groups excluding carboxylic acids is 1. The number of carbonyl (C=O) groups is 1. The van der Waals surface area contributed by atoms with Crippen molar-refractivity contribution in [1.29, 1.82) is 0 Å². The highest BCUT2D eigenvalue weighted by atomic mass is 19.3. The number of alkyl halides is 2. The number of aromatic nitrogens is 2. The van der Waals surface area contributed by atoms with Crippen molar-refractivity contribution in [1.82, 2.24) is 9.61 Å². The lowest BCUT2D eigenvalue weighted by atomic mass is 10.2. The minimum absolute atomic E-state index is 0.151. The van der Waals surface area contributed by atoms with E-state index in [1.807, 2.05) is 0 Å². The van der Waals surface area contributed by atoms with Crippen molar-refractivity contribution in [2.75, 3.05) is 14.2 Å². The molecule has 0 aliphatic carbocycles. The Balaban J connectivity index is 2.71. The fraction of sp³-hybridized carbons (Fsp3) is 0.273. The van der Waals surface area contributed by atoms with E-state index >= 15 is 0 Å². The van der Waals surface area contributed by atoms with Crippen LogP contribution in [0.5, 0.6) is 5.88 Å². The average Bonchev–Trinajstić information content (AvgIpc) is 2.81. The molecule has 7 heteroatoms. The van der Waals surface area contributed by atoms with Crippen LogP contribution in [0.1, 0.15) is 22.5 Å². The lowest BCUT2D eigenvalue weighted by Gasteiger charge is -2.06. The third kappa shape index (κ3) is 1.87. The SMILES string of the molecule is COC(=O)c1ccc(OC)n2nc(C(F)F)cc12. The number of pyridine rings is 1. The van der Waals surface area contributed by atoms with Gasteiger partial charge in [-0.2, -0.15) is 9.61 Å². The van der Waals surface area contributed by atoms with Crippen LogP contribution in [-0.2, 0) is 4.74 Å². The van der Waals surface area contributed by atoms with Crippen LogP contribution in [0.2, 0.25) is 0 Å². The first-order valence-electron chi connectivity index (χ1n) is 5.01. The van der Waals surface area contributed by atoms with Gasteiger partial charge in [-0.25, -0.2) is 13.6 Å². The largest absolute Gasteiger partial charge is 0.481 e. The van der Waals surface area contributed by atoms with Crippen LogP contribution < -0.4 is 4.74 Å². The number of hydrogen-bond acceptors (Lipinski definition) is 4. The van der Waals surface area contributed by atoms with Crippen LogP contribution in [0, 0.1) is 0 Å². The van der Waals surface area contributed by atoms with Gasteiger partial charge in [-0.1, -0.05) is 0 Å². The maximum absolute atomic E-state index is 12.6. The first kappa shape index (κ1) is 12.3. The summed E-state index contributed by atoms with van der Waals surface area (Å²) >= 11 is 0. The zero-order chi connectivity index (χ0) is 13.3. The summed E-state index contributed by atoms with van der Waals surface area (Å²) in [6.07, 6.45) is -2.72. The topological polar surface area (TPSA) is 52.8 Å². The van der Waals surface area contributed by atoms with E-state index < -0.39 is 18.1 Å². The lowest BCUT2D eigenvalue weighted by molar-refractivity contribution is 0.0602. The van der Waals surface area contributed by atoms with Crippen LogP contribution in [-0.4, -0.2) is 29.8 Å². The monoisotopic (exact) mass is 256 g/mol. The number of hydrogen-bond donors (Lipinski definition) is 0. The average molecular weight is 256 g/mol. The standard InChI is InChI=1S/C11H10F2N2O3/c1-17-9-4-3-6(11(16)18-2)8-5-7(10(12)13)14-15(8)9/h3-5,10H,1-2H3. The van der Waals surface area contributed by atoms with E-state index in [9.17, 15) is 13.6 Å². The molecule has 0 atom stereocenters. The number of rotatable bonds is 3. The molecule has 0 saturated carbocycles. The summed E-state index contributed by atoms with van der Waals surface area (Å²) in [5.41, 5.74) is -0.0566. The highest BCUT2D eigenvalue weighted by Crippen LogP contribution is 2.25. The Kier molecular flexibility index (Phi) is 3.14. The number of fused-ring (bicyclic) bond motifs is 1. The molecule has 18 heavy (non-hydrogen) atoms. The molecule has 0 unspecified atom stereocenters. The highest BCUT2D eigenvalue weighted by molar-refractivity contribution is 5.97. The van der Waals surface area contributed by atoms with E-state index in [1.54, 1.807) is 0 Å². The van der Waals surface area contributed by atoms with E-state index in [1.165, 1.54) is 26.4 Å². The highest BCUT2D eigenvalue weighted by Gasteiger charge is 2.19. The number of esters is 1. The Bertz CT molecular complexity index is 595. The van der Waals surface area contributed by atoms with Gasteiger partial charge < -0.3 is 9.47 Å². The fourth-order valence-corrected chi connectivity index (χ4v) is 1.61. The minimum Gasteiger partial charge on any atom is -0.481 e. The zero-order valence-corrected chi connectivity index (χ0v) is 9.68. The predicted octanol–water partition coefficient (Wildman–Crippen LogP) is 2.07. The third-order valence-electron chi connectivity index (χ3n) is 2.44. The van der Waals surface area contributed by atoms with Crippen molar-refractivity contribution in [2.45, 2.75) is 6.43 Å². The molecule has 0 saturated heterocycles. The number of nitrogens with zero attached hydrogens (tertiary/aromatic N) is 2. The van der Waals surface area contributed by atoms with Gasteiger partial charge in [0.2, 0.25) is 5.88 Å². The van der Waals surface area contributed by atoms with Crippen LogP contribution in [0.25, 0.3) is 5.52 Å². The zero-order valence-electron chi connectivity index (χ0n) is 9.68. The van der Waals surface area contributed by atoms with E-state index in [0.29, 0.717) is 0 Å². The minimum atomic E-state index is -2.72. The molecule has 0 N–H and O–H groups in total. The van der Waals surface area contributed by atoms with Crippen molar-refractivity contribution >= 4 is 11.5 Å². The molecule has 2 rings (SSSR count). The van der Waals surface area contributed by atoms with Gasteiger partial charge in [-0.05, 0) is 12.1 Å². The molecule has 0 spiro atoms. The van der Waals surface area contributed by atoms with Crippen molar-refractivity contribution in [2.24, 2.45) is 0 Å². The number of halogens is 2. The van der Waals surface area contributed by atoms with E-state index in [4.69, 9.17) is 4.74 Å². The smallest absolute Gasteiger partial charge is 0.340 e. The molecule has 0 bridgehead atoms. The Labute approximate surface area is 101 Å². The maximum atomic E-state index is 12.6. The van der Waals surface area contributed by atoms with E-state index in [0.717, 1.165) is 10.6 Å². The summed E-state index contributed by atoms with van der Waals surface area (Å²) in [5.74, 6) is -0.368. The number of methoxy groups -OCH3 is 2. The molecule has 0 amide bonds. The summed E-state index contributed by atoms with van der Waals surface area (Å²) in [4.78, 5) is 11.5. The Morgan fingerprint density at radius 2 is 2.11 bits per heavy atom. The van der Waals surface area contributed by atoms with Crippen LogP contribution >= 0.6 is 0 Å². The molecule has 0 radical (unpaired) electrons. The third-order valence-corrected chi connectivity index (χ3v) is 2.44. The van der Waals surface area contributed by atoms with Gasteiger partial charge in [0.05, 0.1) is 25.3 Å². The second-order valence-corrected chi connectivity index (χ2v) is 3.45. The summed E-state index contributed by atoms with van der Waals surface area (Å²) in [5, 5.41) is 3.69. The molecule has 96 valence electrons. The second-order valence-electron chi connectivity index (χ2n) is 3.45. The molecular formula is C11H10F2N2O3. The molecule has 0 aliphatic rings. The molecule has 0 aliphatic heterocycles. The van der Waals surface area contributed by atoms with Gasteiger partial charge in [0, 0.05) is 6.07 Å². The lowest BCUT2D eigenvalue weighted by Crippen LogP contribution is -2.05. The summed E-state index contributed by atoms with van der Waals surface area (Å²) < 4.78 is 36.0. The van der Waals surface area contributed by atoms with Crippen molar-refractivity contribution in [3.63, 3.8) is 0 Å². The van der Waals surface area contributed by atoms with E-state index in [2.05, 4.69) is 9.84 Å². The van der Waals surface area contributed by atoms with Crippen molar-refractivity contribution < 1.29 is 23.0 Å². The Morgan fingerprint density at radius 1 is 1.39 bits per heavy atom. The first-order chi connectivity index (χ1) is 8.58. The van der Waals surface area contributed by atoms with Gasteiger partial charge in [0.25, 0.3) is 6.43 Å². The fourth-order valence-electron chi connectivity index (χ4n) is 1.61. The molecule has 0 fully saturated rings. The first-order valence-corrected chi connectivity index (χ1v) is 5.01. The van der Waals surface area contributed by atoms with E-state index in [-0.39, 0.29) is 17.0 Å². The van der Waals surface area contributed by atoms with Crippen molar-refractivity contribution in [3.05, 3.63) is 29.5 Å². The number of ether oxygens (including phenoxy) is 2. The Hall–Kier alpha value is -2.18. The molecule has 2 aromatic heterocycles. The van der Waals surface area contributed by atoms with Crippen LogP contribution in [0.3, 0.4) is 0 Å². The molecule has 2 heterocycles. The van der Waals surface area contributed by atoms with Gasteiger partial charge in [-0.15, -0.1) is 0 Å². The van der Waals surface area contributed by atoms with Gasteiger partial charge >= 0.3 is 5.97 Å².